The van der Waals surface area contributed by atoms with E-state index in [1.165, 1.54) is 0 Å². The number of rotatable bonds is 1. The van der Waals surface area contributed by atoms with Crippen LogP contribution in [0.5, 0.6) is 0 Å². The molecule has 2 N–H and O–H groups in total. The van der Waals surface area contributed by atoms with Crippen LogP contribution in [-0.2, 0) is 0 Å². The average molecular weight is 189 g/mol. The molecule has 0 radical (unpaired) electrons. The van der Waals surface area contributed by atoms with Crippen LogP contribution in [0.2, 0.25) is 0 Å². The summed E-state index contributed by atoms with van der Waals surface area (Å²) < 4.78 is 5.46. The second kappa shape index (κ2) is 3.14. The Kier molecular flexibility index (Phi) is 1.96. The predicted octanol–water partition coefficient (Wildman–Crippen LogP) is 1.94. The fourth-order valence-corrected chi connectivity index (χ4v) is 1.18. The van der Waals surface area contributed by atoms with Crippen molar-refractivity contribution in [3.8, 4) is 11.5 Å². The first-order valence-electron chi connectivity index (χ1n) is 4.33. The zero-order valence-electron chi connectivity index (χ0n) is 8.11. The third kappa shape index (κ3) is 1.46. The summed E-state index contributed by atoms with van der Waals surface area (Å²) in [5.41, 5.74) is 7.31. The highest BCUT2D eigenvalue weighted by atomic mass is 16.4. The van der Waals surface area contributed by atoms with Gasteiger partial charge in [0.15, 0.2) is 0 Å². The minimum atomic E-state index is 0.469. The van der Waals surface area contributed by atoms with Gasteiger partial charge in [-0.1, -0.05) is 0 Å². The van der Waals surface area contributed by atoms with Crippen LogP contribution in [0.3, 0.4) is 0 Å². The van der Waals surface area contributed by atoms with Crippen molar-refractivity contribution in [3.05, 3.63) is 29.8 Å². The number of nitrogen functional groups attached to an aromatic ring is 1. The van der Waals surface area contributed by atoms with E-state index in [4.69, 9.17) is 10.2 Å². The number of oxazole rings is 1. The zero-order chi connectivity index (χ0) is 10.1. The summed E-state index contributed by atoms with van der Waals surface area (Å²) in [5.74, 6) is 1.89. The molecular weight excluding hydrogens is 178 g/mol. The molecule has 2 aromatic heterocycles. The molecule has 0 aliphatic carbocycles. The maximum Gasteiger partial charge on any atom is 0.226 e. The molecule has 0 spiro atoms. The third-order valence-electron chi connectivity index (χ3n) is 2.06. The highest BCUT2D eigenvalue weighted by molar-refractivity contribution is 5.57. The highest BCUT2D eigenvalue weighted by Crippen LogP contribution is 2.21. The smallest absolute Gasteiger partial charge is 0.226 e. The van der Waals surface area contributed by atoms with Crippen molar-refractivity contribution >= 4 is 5.82 Å². The molecule has 0 aromatic carbocycles. The van der Waals surface area contributed by atoms with Crippen molar-refractivity contribution in [2.24, 2.45) is 0 Å². The number of anilines is 1. The molecule has 0 saturated heterocycles. The fraction of sp³-hybridized carbons (Fsp3) is 0.200. The molecule has 0 atom stereocenters. The lowest BCUT2D eigenvalue weighted by molar-refractivity contribution is 0.541. The second-order valence-corrected chi connectivity index (χ2v) is 3.13. The van der Waals surface area contributed by atoms with E-state index in [1.807, 2.05) is 19.9 Å². The number of hydrogen-bond acceptors (Lipinski definition) is 4. The van der Waals surface area contributed by atoms with E-state index in [9.17, 15) is 0 Å². The van der Waals surface area contributed by atoms with Crippen LogP contribution in [0.15, 0.2) is 22.7 Å². The van der Waals surface area contributed by atoms with Gasteiger partial charge in [0.2, 0.25) is 5.89 Å². The Morgan fingerprint density at radius 3 is 2.71 bits per heavy atom. The van der Waals surface area contributed by atoms with E-state index in [0.717, 1.165) is 17.0 Å². The SMILES string of the molecule is Cc1nc(-c2ccnc(N)c2)oc1C. The molecule has 0 bridgehead atoms. The van der Waals surface area contributed by atoms with E-state index in [2.05, 4.69) is 9.97 Å². The molecule has 0 aliphatic rings. The molecule has 14 heavy (non-hydrogen) atoms. The van der Waals surface area contributed by atoms with Crippen LogP contribution in [0.4, 0.5) is 5.82 Å². The van der Waals surface area contributed by atoms with Crippen molar-refractivity contribution in [3.63, 3.8) is 0 Å². The first-order chi connectivity index (χ1) is 6.66. The van der Waals surface area contributed by atoms with Crippen LogP contribution in [-0.4, -0.2) is 9.97 Å². The molecule has 4 nitrogen and oxygen atoms in total. The number of hydrogen-bond donors (Lipinski definition) is 1. The summed E-state index contributed by atoms with van der Waals surface area (Å²) >= 11 is 0. The molecule has 2 aromatic rings. The highest BCUT2D eigenvalue weighted by Gasteiger charge is 2.07. The summed E-state index contributed by atoms with van der Waals surface area (Å²) in [4.78, 5) is 8.17. The molecular formula is C10H11N3O. The summed E-state index contributed by atoms with van der Waals surface area (Å²) in [6.07, 6.45) is 1.64. The predicted molar refractivity (Wildman–Crippen MR) is 53.6 cm³/mol. The molecule has 2 rings (SSSR count). The maximum absolute atomic E-state index is 5.56. The number of pyridine rings is 1. The van der Waals surface area contributed by atoms with Crippen molar-refractivity contribution in [1.29, 1.82) is 0 Å². The first kappa shape index (κ1) is 8.74. The Hall–Kier alpha value is -1.84. The Balaban J connectivity index is 2.49. The van der Waals surface area contributed by atoms with E-state index in [1.54, 1.807) is 12.3 Å². The van der Waals surface area contributed by atoms with Crippen LogP contribution < -0.4 is 5.73 Å². The lowest BCUT2D eigenvalue weighted by Gasteiger charge is -1.95. The molecule has 4 heteroatoms. The number of aryl methyl sites for hydroxylation is 2. The van der Waals surface area contributed by atoms with Crippen molar-refractivity contribution in [2.75, 3.05) is 5.73 Å². The van der Waals surface area contributed by atoms with Crippen LogP contribution in [0.1, 0.15) is 11.5 Å². The monoisotopic (exact) mass is 189 g/mol. The Morgan fingerprint density at radius 2 is 2.14 bits per heavy atom. The molecule has 0 fully saturated rings. The second-order valence-electron chi connectivity index (χ2n) is 3.13. The molecule has 0 amide bonds. The topological polar surface area (TPSA) is 64.9 Å². The van der Waals surface area contributed by atoms with E-state index in [0.29, 0.717) is 11.7 Å². The van der Waals surface area contributed by atoms with Crippen LogP contribution in [0, 0.1) is 13.8 Å². The van der Waals surface area contributed by atoms with Gasteiger partial charge in [0.25, 0.3) is 0 Å². The Morgan fingerprint density at radius 1 is 1.36 bits per heavy atom. The van der Waals surface area contributed by atoms with E-state index >= 15 is 0 Å². The molecule has 2 heterocycles. The van der Waals surface area contributed by atoms with Gasteiger partial charge < -0.3 is 10.2 Å². The first-order valence-corrected chi connectivity index (χ1v) is 4.33. The summed E-state index contributed by atoms with van der Waals surface area (Å²) in [6.45, 7) is 3.79. The minimum Gasteiger partial charge on any atom is -0.441 e. The van der Waals surface area contributed by atoms with Gasteiger partial charge in [-0.2, -0.15) is 0 Å². The van der Waals surface area contributed by atoms with Gasteiger partial charge in [0.05, 0.1) is 5.69 Å². The van der Waals surface area contributed by atoms with E-state index in [-0.39, 0.29) is 0 Å². The normalized spacial score (nSPS) is 10.4. The van der Waals surface area contributed by atoms with Gasteiger partial charge >= 0.3 is 0 Å². The van der Waals surface area contributed by atoms with Crippen molar-refractivity contribution in [1.82, 2.24) is 9.97 Å². The number of nitrogens with two attached hydrogens (primary N) is 1. The summed E-state index contributed by atoms with van der Waals surface area (Å²) in [6, 6.07) is 3.56. The summed E-state index contributed by atoms with van der Waals surface area (Å²) in [7, 11) is 0. The Labute approximate surface area is 81.8 Å². The van der Waals surface area contributed by atoms with Gasteiger partial charge in [0.1, 0.15) is 11.6 Å². The van der Waals surface area contributed by atoms with Gasteiger partial charge in [-0.25, -0.2) is 9.97 Å². The quantitative estimate of drug-likeness (QED) is 0.744. The van der Waals surface area contributed by atoms with E-state index < -0.39 is 0 Å². The summed E-state index contributed by atoms with van der Waals surface area (Å²) in [5, 5.41) is 0. The fourth-order valence-electron chi connectivity index (χ4n) is 1.18. The van der Waals surface area contributed by atoms with Crippen molar-refractivity contribution < 1.29 is 4.42 Å². The van der Waals surface area contributed by atoms with Gasteiger partial charge in [0, 0.05) is 11.8 Å². The minimum absolute atomic E-state index is 0.469. The average Bonchev–Trinajstić information content (AvgIpc) is 2.47. The standard InChI is InChI=1S/C10H11N3O/c1-6-7(2)14-10(13-6)8-3-4-12-9(11)5-8/h3-5H,1-2H3,(H2,11,12). The molecule has 72 valence electrons. The lowest BCUT2D eigenvalue weighted by atomic mass is 10.2. The van der Waals surface area contributed by atoms with Crippen LogP contribution in [0.25, 0.3) is 11.5 Å². The van der Waals surface area contributed by atoms with Gasteiger partial charge in [-0.05, 0) is 26.0 Å². The third-order valence-corrected chi connectivity index (χ3v) is 2.06. The van der Waals surface area contributed by atoms with Gasteiger partial charge in [-0.15, -0.1) is 0 Å². The zero-order valence-corrected chi connectivity index (χ0v) is 8.11. The van der Waals surface area contributed by atoms with Crippen molar-refractivity contribution in [2.45, 2.75) is 13.8 Å². The molecule has 0 unspecified atom stereocenters. The lowest BCUT2D eigenvalue weighted by Crippen LogP contribution is -1.89. The number of aromatic nitrogens is 2. The Bertz CT molecular complexity index is 443. The maximum atomic E-state index is 5.56. The number of nitrogens with zero attached hydrogens (tertiary/aromatic N) is 2. The largest absolute Gasteiger partial charge is 0.441 e. The van der Waals surface area contributed by atoms with Gasteiger partial charge in [-0.3, -0.25) is 0 Å². The molecule has 0 aliphatic heterocycles. The van der Waals surface area contributed by atoms with Crippen LogP contribution >= 0.6 is 0 Å². The molecule has 0 saturated carbocycles.